The number of carboxylic acids is 1. The third kappa shape index (κ3) is 9.41. The fourth-order valence-electron chi connectivity index (χ4n) is 4.55. The smallest absolute Gasteiger partial charge is 0.333 e. The Kier molecular flexibility index (Phi) is 11.5. The van der Waals surface area contributed by atoms with Crippen LogP contribution in [-0.4, -0.2) is 85.3 Å². The Morgan fingerprint density at radius 3 is 2.38 bits per heavy atom. The number of fused-ring (bicyclic) bond motifs is 1. The first kappa shape index (κ1) is 34.7. The molecule has 18 heteroatoms. The number of unbranched alkanes of at least 4 members (excludes halogenated alkanes) is 2. The molecular formula is C30H34N10O8. The fourth-order valence-corrected chi connectivity index (χ4v) is 4.55. The van der Waals surface area contributed by atoms with Crippen LogP contribution in [-0.2, 0) is 35.4 Å². The highest BCUT2D eigenvalue weighted by Gasteiger charge is 2.27. The van der Waals surface area contributed by atoms with Crippen molar-refractivity contribution in [1.29, 1.82) is 0 Å². The van der Waals surface area contributed by atoms with Crippen molar-refractivity contribution in [3.63, 3.8) is 0 Å². The maximum atomic E-state index is 12.8. The minimum Gasteiger partial charge on any atom is -0.480 e. The summed E-state index contributed by atoms with van der Waals surface area (Å²) in [6.07, 6.45) is 4.75. The van der Waals surface area contributed by atoms with Crippen molar-refractivity contribution in [2.24, 2.45) is 0 Å². The third-order valence-electron chi connectivity index (χ3n) is 7.08. The van der Waals surface area contributed by atoms with Crippen molar-refractivity contribution in [3.8, 4) is 0 Å². The van der Waals surface area contributed by atoms with E-state index in [1.54, 1.807) is 30.5 Å². The predicted molar refractivity (Wildman–Crippen MR) is 169 cm³/mol. The van der Waals surface area contributed by atoms with Gasteiger partial charge in [-0.3, -0.25) is 19.2 Å². The molecule has 1 aromatic carbocycles. The number of aliphatic carboxylic acids is 1. The van der Waals surface area contributed by atoms with Gasteiger partial charge in [-0.15, -0.1) is 0 Å². The summed E-state index contributed by atoms with van der Waals surface area (Å²) in [5, 5.41) is 15.1. The normalized spacial score (nSPS) is 13.0. The molecule has 252 valence electrons. The number of hydrogen-bond donors (Lipinski definition) is 5. The number of carbonyl (C=O) groups excluding carboxylic acids is 5. The molecule has 2 aromatic heterocycles. The number of anilines is 3. The number of rotatable bonds is 16. The molecule has 0 fully saturated rings. The van der Waals surface area contributed by atoms with Crippen molar-refractivity contribution >= 4 is 64.2 Å². The second-order valence-corrected chi connectivity index (χ2v) is 10.7. The maximum Gasteiger partial charge on any atom is 0.333 e. The molecule has 48 heavy (non-hydrogen) atoms. The van der Waals surface area contributed by atoms with Gasteiger partial charge in [0.05, 0.1) is 18.4 Å². The van der Waals surface area contributed by atoms with E-state index >= 15 is 0 Å². The third-order valence-corrected chi connectivity index (χ3v) is 7.08. The summed E-state index contributed by atoms with van der Waals surface area (Å²) in [5.41, 5.74) is 13.7. The Bertz CT molecular complexity index is 1730. The average molecular weight is 663 g/mol. The molecule has 0 saturated heterocycles. The van der Waals surface area contributed by atoms with E-state index in [4.69, 9.17) is 16.3 Å². The van der Waals surface area contributed by atoms with Gasteiger partial charge >= 0.3 is 11.9 Å². The molecule has 0 aliphatic carbocycles. The topological polar surface area (TPSA) is 266 Å². The Balaban J connectivity index is 1.16. The highest BCUT2D eigenvalue weighted by atomic mass is 16.7. The van der Waals surface area contributed by atoms with E-state index in [2.05, 4.69) is 30.6 Å². The van der Waals surface area contributed by atoms with Crippen LogP contribution in [0.15, 0.2) is 42.6 Å². The molecule has 0 saturated carbocycles. The molecule has 0 radical (unpaired) electrons. The summed E-state index contributed by atoms with van der Waals surface area (Å²) in [4.78, 5) is 94.6. The highest BCUT2D eigenvalue weighted by Crippen LogP contribution is 2.19. The SMILES string of the molecule is CN(Cc1cnc2nc(N)nc(N)c2n1)c1ccc(C(=O)NC(CCC(=O)NCCCCCC(=O)ON2C(=O)C=CC2=O)C(=O)O)cc1. The van der Waals surface area contributed by atoms with Crippen LogP contribution in [0.3, 0.4) is 0 Å². The summed E-state index contributed by atoms with van der Waals surface area (Å²) < 4.78 is 0. The van der Waals surface area contributed by atoms with E-state index in [-0.39, 0.29) is 48.8 Å². The van der Waals surface area contributed by atoms with Gasteiger partial charge < -0.3 is 36.9 Å². The van der Waals surface area contributed by atoms with Crippen molar-refractivity contribution in [3.05, 3.63) is 53.9 Å². The number of aromatic nitrogens is 4. The van der Waals surface area contributed by atoms with Crippen LogP contribution in [0.25, 0.3) is 11.2 Å². The number of hydroxylamine groups is 2. The lowest BCUT2D eigenvalue weighted by Gasteiger charge is -2.19. The summed E-state index contributed by atoms with van der Waals surface area (Å²) in [6, 6.07) is 5.20. The molecule has 0 bridgehead atoms. The van der Waals surface area contributed by atoms with Gasteiger partial charge in [0.1, 0.15) is 6.04 Å². The number of nitrogen functional groups attached to an aromatic ring is 2. The number of nitrogens with one attached hydrogen (secondary N) is 2. The van der Waals surface area contributed by atoms with E-state index in [1.807, 2.05) is 11.9 Å². The van der Waals surface area contributed by atoms with Gasteiger partial charge in [0.15, 0.2) is 17.0 Å². The Morgan fingerprint density at radius 1 is 0.979 bits per heavy atom. The number of nitrogens with zero attached hydrogens (tertiary/aromatic N) is 6. The van der Waals surface area contributed by atoms with E-state index in [9.17, 15) is 33.9 Å². The zero-order valence-electron chi connectivity index (χ0n) is 25.9. The second kappa shape index (κ2) is 15.9. The van der Waals surface area contributed by atoms with Crippen LogP contribution in [0, 0.1) is 0 Å². The van der Waals surface area contributed by atoms with Gasteiger partial charge in [-0.1, -0.05) is 11.5 Å². The first-order valence-corrected chi connectivity index (χ1v) is 14.8. The Hall–Kier alpha value is -6.20. The van der Waals surface area contributed by atoms with E-state index in [0.717, 1.165) is 17.8 Å². The Morgan fingerprint density at radius 2 is 1.69 bits per heavy atom. The molecule has 1 aliphatic heterocycles. The summed E-state index contributed by atoms with van der Waals surface area (Å²) in [6.45, 7) is 0.635. The van der Waals surface area contributed by atoms with Crippen LogP contribution < -0.4 is 27.0 Å². The average Bonchev–Trinajstić information content (AvgIpc) is 3.36. The number of amides is 4. The number of carboxylic acid groups (broad SMARTS) is 1. The Labute approximate surface area is 273 Å². The second-order valence-electron chi connectivity index (χ2n) is 10.7. The van der Waals surface area contributed by atoms with Gasteiger partial charge in [0, 0.05) is 49.8 Å². The molecule has 1 unspecified atom stereocenters. The molecule has 1 atom stereocenters. The molecule has 4 amide bonds. The van der Waals surface area contributed by atoms with Gasteiger partial charge in [-0.2, -0.15) is 9.97 Å². The number of benzene rings is 1. The highest BCUT2D eigenvalue weighted by molar-refractivity contribution is 6.12. The summed E-state index contributed by atoms with van der Waals surface area (Å²) >= 11 is 0. The lowest BCUT2D eigenvalue weighted by atomic mass is 10.1. The maximum absolute atomic E-state index is 12.8. The first-order valence-electron chi connectivity index (χ1n) is 14.8. The lowest BCUT2D eigenvalue weighted by Crippen LogP contribution is -2.41. The molecular weight excluding hydrogens is 628 g/mol. The predicted octanol–water partition coefficient (Wildman–Crippen LogP) is 0.244. The van der Waals surface area contributed by atoms with Crippen molar-refractivity contribution in [1.82, 2.24) is 35.6 Å². The number of imide groups is 1. The summed E-state index contributed by atoms with van der Waals surface area (Å²) in [5.74, 6) is -4.34. The largest absolute Gasteiger partial charge is 0.480 e. The number of hydrogen-bond acceptors (Lipinski definition) is 14. The van der Waals surface area contributed by atoms with E-state index in [0.29, 0.717) is 42.1 Å². The molecule has 4 rings (SSSR count). The van der Waals surface area contributed by atoms with Gasteiger partial charge in [-0.05, 0) is 43.5 Å². The standard InChI is InChI=1S/C30H34N10O8/c1-39(16-18-15-34-27-25(35-18)26(31)37-30(32)38-27)19-8-6-17(7-9-19)28(45)36-20(29(46)47)10-11-21(41)33-14-4-2-3-5-24(44)48-40-22(42)12-13-23(40)43/h6-9,12-13,15,20H,2-5,10-11,14,16H2,1H3,(H,33,41)(H,36,45)(H,46,47)(H4,31,32,34,37,38). The van der Waals surface area contributed by atoms with Crippen LogP contribution >= 0.6 is 0 Å². The molecule has 0 spiro atoms. The van der Waals surface area contributed by atoms with E-state index < -0.39 is 41.6 Å². The minimum atomic E-state index is -1.29. The summed E-state index contributed by atoms with van der Waals surface area (Å²) in [7, 11) is 1.81. The first-order chi connectivity index (χ1) is 22.9. The molecule has 3 aromatic rings. The van der Waals surface area contributed by atoms with Gasteiger partial charge in [-0.25, -0.2) is 19.6 Å². The van der Waals surface area contributed by atoms with Crippen LogP contribution in [0.2, 0.25) is 0 Å². The molecule has 1 aliphatic rings. The van der Waals surface area contributed by atoms with Crippen molar-refractivity contribution < 1.29 is 38.7 Å². The van der Waals surface area contributed by atoms with E-state index in [1.165, 1.54) is 0 Å². The zero-order chi connectivity index (χ0) is 34.8. The molecule has 3 heterocycles. The van der Waals surface area contributed by atoms with Crippen molar-refractivity contribution in [2.45, 2.75) is 51.1 Å². The van der Waals surface area contributed by atoms with Crippen molar-refractivity contribution in [2.75, 3.05) is 30.0 Å². The minimum absolute atomic E-state index is 0.000659. The lowest BCUT2D eigenvalue weighted by molar-refractivity contribution is -0.196. The van der Waals surface area contributed by atoms with Crippen LogP contribution in [0.5, 0.6) is 0 Å². The quantitative estimate of drug-likeness (QED) is 0.102. The zero-order valence-corrected chi connectivity index (χ0v) is 25.9. The van der Waals surface area contributed by atoms with Crippen LogP contribution in [0.4, 0.5) is 17.5 Å². The van der Waals surface area contributed by atoms with Gasteiger partial charge in [0.25, 0.3) is 17.7 Å². The molecule has 18 nitrogen and oxygen atoms in total. The number of carbonyl (C=O) groups is 6. The number of nitrogens with two attached hydrogens (primary N) is 2. The monoisotopic (exact) mass is 662 g/mol. The fraction of sp³-hybridized carbons (Fsp3) is 0.333. The molecule has 7 N–H and O–H groups in total. The van der Waals surface area contributed by atoms with Crippen LogP contribution in [0.1, 0.15) is 54.6 Å². The van der Waals surface area contributed by atoms with Gasteiger partial charge in [0.2, 0.25) is 11.9 Å².